The molecule has 0 saturated carbocycles. The molecular weight excluding hydrogens is 383 g/mol. The van der Waals surface area contributed by atoms with Crippen LogP contribution in [0.4, 0.5) is 10.1 Å². The molecule has 1 aromatic carbocycles. The lowest BCUT2D eigenvalue weighted by molar-refractivity contribution is 0.102. The SMILES string of the molecule is Cc1cc(F)ccc1NC(=O)c1c(-c2ccc(Br)s2)noc1C. The molecule has 0 fully saturated rings. The molecule has 0 unspecified atom stereocenters. The first-order valence-corrected chi connectivity index (χ1v) is 8.36. The standard InChI is InChI=1S/C16H12BrFN2O2S/c1-8-7-10(18)3-4-11(8)19-16(21)14-9(2)22-20-15(14)12-5-6-13(17)23-12/h3-7H,1-2H3,(H,19,21). The molecule has 3 aromatic rings. The van der Waals surface area contributed by atoms with E-state index in [-0.39, 0.29) is 11.7 Å². The van der Waals surface area contributed by atoms with Gasteiger partial charge in [0.1, 0.15) is 22.8 Å². The minimum absolute atomic E-state index is 0.335. The second-order valence-electron chi connectivity index (χ2n) is 4.98. The Bertz CT molecular complexity index is 888. The number of amides is 1. The second kappa shape index (κ2) is 6.25. The average molecular weight is 395 g/mol. The van der Waals surface area contributed by atoms with E-state index in [0.717, 1.165) is 8.66 Å². The predicted molar refractivity (Wildman–Crippen MR) is 91.3 cm³/mol. The zero-order valence-electron chi connectivity index (χ0n) is 12.3. The summed E-state index contributed by atoms with van der Waals surface area (Å²) >= 11 is 4.85. The highest BCUT2D eigenvalue weighted by Crippen LogP contribution is 2.34. The third-order valence-electron chi connectivity index (χ3n) is 3.33. The van der Waals surface area contributed by atoms with Gasteiger partial charge in [-0.05, 0) is 65.7 Å². The van der Waals surface area contributed by atoms with Gasteiger partial charge in [-0.3, -0.25) is 4.79 Å². The van der Waals surface area contributed by atoms with Gasteiger partial charge in [0, 0.05) is 5.69 Å². The van der Waals surface area contributed by atoms with E-state index in [1.54, 1.807) is 13.8 Å². The van der Waals surface area contributed by atoms with Crippen LogP contribution < -0.4 is 5.32 Å². The predicted octanol–water partition coefficient (Wildman–Crippen LogP) is 5.17. The van der Waals surface area contributed by atoms with Crippen molar-refractivity contribution in [2.24, 2.45) is 0 Å². The van der Waals surface area contributed by atoms with Crippen molar-refractivity contribution in [1.29, 1.82) is 0 Å². The van der Waals surface area contributed by atoms with Gasteiger partial charge >= 0.3 is 0 Å². The molecule has 0 atom stereocenters. The summed E-state index contributed by atoms with van der Waals surface area (Å²) in [7, 11) is 0. The Morgan fingerprint density at radius 2 is 2.09 bits per heavy atom. The van der Waals surface area contributed by atoms with Crippen LogP contribution in [-0.4, -0.2) is 11.1 Å². The van der Waals surface area contributed by atoms with Crippen LogP contribution in [0.2, 0.25) is 0 Å². The summed E-state index contributed by atoms with van der Waals surface area (Å²) in [6, 6.07) is 7.96. The maximum atomic E-state index is 13.2. The van der Waals surface area contributed by atoms with E-state index in [2.05, 4.69) is 26.4 Å². The first-order chi connectivity index (χ1) is 11.0. The van der Waals surface area contributed by atoms with Gasteiger partial charge in [-0.15, -0.1) is 11.3 Å². The van der Waals surface area contributed by atoms with Crippen LogP contribution >= 0.6 is 27.3 Å². The maximum absolute atomic E-state index is 13.2. The number of aromatic nitrogens is 1. The second-order valence-corrected chi connectivity index (χ2v) is 7.44. The lowest BCUT2D eigenvalue weighted by Crippen LogP contribution is -2.14. The van der Waals surface area contributed by atoms with Crippen LogP contribution in [0, 0.1) is 19.7 Å². The van der Waals surface area contributed by atoms with Crippen molar-refractivity contribution < 1.29 is 13.7 Å². The van der Waals surface area contributed by atoms with Gasteiger partial charge < -0.3 is 9.84 Å². The van der Waals surface area contributed by atoms with E-state index in [9.17, 15) is 9.18 Å². The number of anilines is 1. The number of carbonyl (C=O) groups is 1. The third-order valence-corrected chi connectivity index (χ3v) is 4.96. The minimum atomic E-state index is -0.342. The zero-order valence-corrected chi connectivity index (χ0v) is 14.7. The summed E-state index contributed by atoms with van der Waals surface area (Å²) in [6.45, 7) is 3.42. The minimum Gasteiger partial charge on any atom is -0.360 e. The fraction of sp³-hybridized carbons (Fsp3) is 0.125. The number of aryl methyl sites for hydroxylation is 2. The molecular formula is C16H12BrFN2O2S. The molecule has 0 aliphatic heterocycles. The summed E-state index contributed by atoms with van der Waals surface area (Å²) in [5, 5.41) is 6.78. The molecule has 0 saturated heterocycles. The van der Waals surface area contributed by atoms with Crippen molar-refractivity contribution >= 4 is 38.9 Å². The molecule has 1 amide bonds. The van der Waals surface area contributed by atoms with Gasteiger partial charge in [-0.25, -0.2) is 4.39 Å². The fourth-order valence-electron chi connectivity index (χ4n) is 2.20. The number of hydrogen-bond acceptors (Lipinski definition) is 4. The van der Waals surface area contributed by atoms with Crippen molar-refractivity contribution in [3.8, 4) is 10.6 Å². The number of carbonyl (C=O) groups excluding carboxylic acids is 1. The fourth-order valence-corrected chi connectivity index (χ4v) is 3.58. The molecule has 0 bridgehead atoms. The molecule has 23 heavy (non-hydrogen) atoms. The molecule has 4 nitrogen and oxygen atoms in total. The smallest absolute Gasteiger partial charge is 0.261 e. The Kier molecular flexibility index (Phi) is 4.32. The maximum Gasteiger partial charge on any atom is 0.261 e. The van der Waals surface area contributed by atoms with E-state index < -0.39 is 0 Å². The van der Waals surface area contributed by atoms with Crippen molar-refractivity contribution in [2.45, 2.75) is 13.8 Å². The summed E-state index contributed by atoms with van der Waals surface area (Å²) in [5.74, 6) is -0.245. The third kappa shape index (κ3) is 3.20. The highest BCUT2D eigenvalue weighted by molar-refractivity contribution is 9.11. The molecule has 118 valence electrons. The molecule has 1 N–H and O–H groups in total. The van der Waals surface area contributed by atoms with E-state index >= 15 is 0 Å². The largest absolute Gasteiger partial charge is 0.360 e. The van der Waals surface area contributed by atoms with Gasteiger partial charge in [0.25, 0.3) is 5.91 Å². The number of rotatable bonds is 3. The molecule has 7 heteroatoms. The highest BCUT2D eigenvalue weighted by atomic mass is 79.9. The van der Waals surface area contributed by atoms with Gasteiger partial charge in [0.05, 0.1) is 8.66 Å². The highest BCUT2D eigenvalue weighted by Gasteiger charge is 2.23. The number of hydrogen-bond donors (Lipinski definition) is 1. The summed E-state index contributed by atoms with van der Waals surface area (Å²) in [4.78, 5) is 13.5. The summed E-state index contributed by atoms with van der Waals surface area (Å²) in [6.07, 6.45) is 0. The Morgan fingerprint density at radius 3 is 2.74 bits per heavy atom. The van der Waals surface area contributed by atoms with Gasteiger partial charge in [-0.2, -0.15) is 0 Å². The van der Waals surface area contributed by atoms with Crippen molar-refractivity contribution in [2.75, 3.05) is 5.32 Å². The van der Waals surface area contributed by atoms with E-state index in [1.165, 1.54) is 29.5 Å². The van der Waals surface area contributed by atoms with E-state index in [1.807, 2.05) is 12.1 Å². The molecule has 2 aromatic heterocycles. The lowest BCUT2D eigenvalue weighted by Gasteiger charge is -2.08. The summed E-state index contributed by atoms with van der Waals surface area (Å²) in [5.41, 5.74) is 2.07. The normalized spacial score (nSPS) is 10.8. The summed E-state index contributed by atoms with van der Waals surface area (Å²) < 4.78 is 19.3. The van der Waals surface area contributed by atoms with Crippen molar-refractivity contribution in [3.63, 3.8) is 0 Å². The number of nitrogens with zero attached hydrogens (tertiary/aromatic N) is 1. The Hall–Kier alpha value is -1.99. The molecule has 0 aliphatic rings. The van der Waals surface area contributed by atoms with Gasteiger partial charge in [0.2, 0.25) is 0 Å². The molecule has 0 aliphatic carbocycles. The van der Waals surface area contributed by atoms with Crippen LogP contribution in [-0.2, 0) is 0 Å². The lowest BCUT2D eigenvalue weighted by atomic mass is 10.1. The Labute approximate surface area is 144 Å². The average Bonchev–Trinajstić information content (AvgIpc) is 3.07. The first-order valence-electron chi connectivity index (χ1n) is 6.75. The van der Waals surface area contributed by atoms with Crippen LogP contribution in [0.5, 0.6) is 0 Å². The van der Waals surface area contributed by atoms with Gasteiger partial charge in [0.15, 0.2) is 0 Å². The molecule has 2 heterocycles. The van der Waals surface area contributed by atoms with Gasteiger partial charge in [-0.1, -0.05) is 5.16 Å². The van der Waals surface area contributed by atoms with Crippen molar-refractivity contribution in [3.05, 3.63) is 56.8 Å². The van der Waals surface area contributed by atoms with E-state index in [4.69, 9.17) is 4.52 Å². The van der Waals surface area contributed by atoms with Crippen LogP contribution in [0.1, 0.15) is 21.7 Å². The number of benzene rings is 1. The topological polar surface area (TPSA) is 55.1 Å². The van der Waals surface area contributed by atoms with Crippen LogP contribution in [0.3, 0.4) is 0 Å². The Balaban J connectivity index is 1.95. The van der Waals surface area contributed by atoms with Crippen LogP contribution in [0.15, 0.2) is 38.6 Å². The molecule has 3 rings (SSSR count). The molecule has 0 spiro atoms. The number of halogens is 2. The molecule has 0 radical (unpaired) electrons. The first kappa shape index (κ1) is 15.9. The quantitative estimate of drug-likeness (QED) is 0.666. The monoisotopic (exact) mass is 394 g/mol. The number of nitrogens with one attached hydrogen (secondary N) is 1. The van der Waals surface area contributed by atoms with Crippen LogP contribution in [0.25, 0.3) is 10.6 Å². The zero-order chi connectivity index (χ0) is 16.6. The number of thiophene rings is 1. The van der Waals surface area contributed by atoms with Crippen molar-refractivity contribution in [1.82, 2.24) is 5.16 Å². The Morgan fingerprint density at radius 1 is 1.30 bits per heavy atom. The van der Waals surface area contributed by atoms with E-state index in [0.29, 0.717) is 28.3 Å².